The van der Waals surface area contributed by atoms with E-state index in [1.807, 2.05) is 6.07 Å². The number of carbonyl (C=O) groups excluding carboxylic acids is 1. The average Bonchev–Trinajstić information content (AvgIpc) is 3.13. The fourth-order valence-corrected chi connectivity index (χ4v) is 3.66. The summed E-state index contributed by atoms with van der Waals surface area (Å²) in [5.41, 5.74) is 3.11. The first-order chi connectivity index (χ1) is 13.4. The number of amides is 1. The van der Waals surface area contributed by atoms with Crippen molar-refractivity contribution in [3.63, 3.8) is 0 Å². The molecule has 28 heavy (non-hydrogen) atoms. The Morgan fingerprint density at radius 1 is 1.07 bits per heavy atom. The van der Waals surface area contributed by atoms with Crippen LogP contribution in [-0.4, -0.2) is 39.0 Å². The molecule has 2 aromatic rings. The monoisotopic (exact) mass is 401 g/mol. The number of benzene rings is 2. The van der Waals surface area contributed by atoms with E-state index in [0.29, 0.717) is 22.8 Å². The van der Waals surface area contributed by atoms with E-state index < -0.39 is 21.2 Å². The first-order valence-electron chi connectivity index (χ1n) is 8.14. The van der Waals surface area contributed by atoms with Gasteiger partial charge in [0, 0.05) is 29.2 Å². The first kappa shape index (κ1) is 19.3. The van der Waals surface area contributed by atoms with Crippen molar-refractivity contribution in [2.75, 3.05) is 16.9 Å². The Morgan fingerprint density at radius 2 is 1.71 bits per heavy atom. The number of thioether (sulfide) groups is 1. The summed E-state index contributed by atoms with van der Waals surface area (Å²) < 4.78 is 0. The van der Waals surface area contributed by atoms with Gasteiger partial charge < -0.3 is 5.32 Å². The van der Waals surface area contributed by atoms with Crippen LogP contribution in [0.1, 0.15) is 10.4 Å². The van der Waals surface area contributed by atoms with E-state index in [2.05, 4.69) is 15.8 Å². The fourth-order valence-electron chi connectivity index (χ4n) is 2.55. The van der Waals surface area contributed by atoms with E-state index in [9.17, 15) is 25.0 Å². The Hall–Kier alpha value is -3.47. The molecule has 1 aliphatic heterocycles. The van der Waals surface area contributed by atoms with Crippen LogP contribution in [-0.2, 0) is 0 Å². The van der Waals surface area contributed by atoms with E-state index in [1.54, 1.807) is 36.0 Å². The van der Waals surface area contributed by atoms with Gasteiger partial charge in [-0.05, 0) is 12.1 Å². The zero-order valence-corrected chi connectivity index (χ0v) is 15.2. The second-order valence-electron chi connectivity index (χ2n) is 5.87. The molecule has 1 fully saturated rings. The minimum Gasteiger partial charge on any atom is -0.343 e. The highest BCUT2D eigenvalue weighted by Crippen LogP contribution is 2.26. The second kappa shape index (κ2) is 8.48. The summed E-state index contributed by atoms with van der Waals surface area (Å²) in [6, 6.07) is 11.7. The van der Waals surface area contributed by atoms with Gasteiger partial charge in [0.1, 0.15) is 0 Å². The average molecular weight is 401 g/mol. The highest BCUT2D eigenvalue weighted by atomic mass is 32.2. The van der Waals surface area contributed by atoms with Gasteiger partial charge in [0.25, 0.3) is 17.3 Å². The summed E-state index contributed by atoms with van der Waals surface area (Å²) in [7, 11) is 0. The molecule has 0 aromatic heterocycles. The van der Waals surface area contributed by atoms with Crippen LogP contribution in [0.4, 0.5) is 17.1 Å². The van der Waals surface area contributed by atoms with Crippen molar-refractivity contribution in [3.05, 3.63) is 74.3 Å². The zero-order valence-electron chi connectivity index (χ0n) is 14.4. The molecule has 0 spiro atoms. The van der Waals surface area contributed by atoms with Crippen LogP contribution >= 0.6 is 11.8 Å². The largest absolute Gasteiger partial charge is 0.343 e. The Balaban J connectivity index is 1.75. The van der Waals surface area contributed by atoms with E-state index in [-0.39, 0.29) is 17.6 Å². The molecule has 1 saturated heterocycles. The SMILES string of the molecule is O=C(N[C@@H]1CSC/C1=N\Nc1cc([N+](=O)[O-])cc([N+](=O)[O-])c1)c1ccccc1. The van der Waals surface area contributed by atoms with Crippen molar-refractivity contribution in [2.24, 2.45) is 5.10 Å². The topological polar surface area (TPSA) is 140 Å². The molecule has 2 N–H and O–H groups in total. The second-order valence-corrected chi connectivity index (χ2v) is 6.90. The fraction of sp³-hybridized carbons (Fsp3) is 0.176. The summed E-state index contributed by atoms with van der Waals surface area (Å²) in [5, 5.41) is 29.0. The summed E-state index contributed by atoms with van der Waals surface area (Å²) in [6.45, 7) is 0. The van der Waals surface area contributed by atoms with Gasteiger partial charge in [-0.15, -0.1) is 0 Å². The summed E-state index contributed by atoms with van der Waals surface area (Å²) >= 11 is 1.58. The number of nitrogens with one attached hydrogen (secondary N) is 2. The number of non-ortho nitro benzene ring substituents is 2. The molecule has 0 saturated carbocycles. The lowest BCUT2D eigenvalue weighted by molar-refractivity contribution is -0.394. The standard InChI is InChI=1S/C17H15N5O5S/c23-17(11-4-2-1-3-5-11)18-15-9-28-10-16(15)20-19-12-6-13(21(24)25)8-14(7-12)22(26)27/h1-8,15,19H,9-10H2,(H,18,23)/b20-16+/t15-/m1/s1. The Bertz CT molecular complexity index is 918. The maximum Gasteiger partial charge on any atom is 0.278 e. The van der Waals surface area contributed by atoms with E-state index >= 15 is 0 Å². The van der Waals surface area contributed by atoms with Gasteiger partial charge in [-0.25, -0.2) is 0 Å². The third-order valence-corrected chi connectivity index (χ3v) is 5.00. The number of nitro benzene ring substituents is 2. The summed E-state index contributed by atoms with van der Waals surface area (Å²) in [6.07, 6.45) is 0. The van der Waals surface area contributed by atoms with Gasteiger partial charge in [-0.2, -0.15) is 16.9 Å². The molecule has 0 bridgehead atoms. The smallest absolute Gasteiger partial charge is 0.278 e. The normalized spacial score (nSPS) is 17.3. The van der Waals surface area contributed by atoms with Gasteiger partial charge in [-0.3, -0.25) is 30.4 Å². The highest BCUT2D eigenvalue weighted by Gasteiger charge is 2.25. The molecule has 11 heteroatoms. The van der Waals surface area contributed by atoms with Crippen LogP contribution in [0.25, 0.3) is 0 Å². The molecule has 2 aromatic carbocycles. The Kier molecular flexibility index (Phi) is 5.84. The number of hydrogen-bond acceptors (Lipinski definition) is 8. The summed E-state index contributed by atoms with van der Waals surface area (Å²) in [4.78, 5) is 32.8. The van der Waals surface area contributed by atoms with Gasteiger partial charge >= 0.3 is 0 Å². The number of nitrogens with zero attached hydrogens (tertiary/aromatic N) is 3. The maximum absolute atomic E-state index is 12.3. The van der Waals surface area contributed by atoms with E-state index in [4.69, 9.17) is 0 Å². The van der Waals surface area contributed by atoms with E-state index in [0.717, 1.165) is 18.2 Å². The lowest BCUT2D eigenvalue weighted by Crippen LogP contribution is -2.40. The minimum absolute atomic E-state index is 0.124. The van der Waals surface area contributed by atoms with Crippen molar-refractivity contribution >= 4 is 40.4 Å². The Morgan fingerprint density at radius 3 is 2.32 bits per heavy atom. The van der Waals surface area contributed by atoms with Crippen molar-refractivity contribution < 1.29 is 14.6 Å². The Labute approximate surface area is 163 Å². The molecule has 144 valence electrons. The van der Waals surface area contributed by atoms with Crippen molar-refractivity contribution in [3.8, 4) is 0 Å². The highest BCUT2D eigenvalue weighted by molar-refractivity contribution is 8.00. The van der Waals surface area contributed by atoms with Crippen molar-refractivity contribution in [1.82, 2.24) is 5.32 Å². The third kappa shape index (κ3) is 4.62. The number of hydrogen-bond donors (Lipinski definition) is 2. The van der Waals surface area contributed by atoms with Gasteiger partial charge in [0.05, 0.1) is 33.4 Å². The van der Waals surface area contributed by atoms with Crippen LogP contribution in [0.15, 0.2) is 53.6 Å². The predicted octanol–water partition coefficient (Wildman–Crippen LogP) is 2.82. The van der Waals surface area contributed by atoms with Crippen LogP contribution in [0.3, 0.4) is 0 Å². The molecule has 3 rings (SSSR count). The maximum atomic E-state index is 12.3. The van der Waals surface area contributed by atoms with Crippen LogP contribution in [0, 0.1) is 20.2 Å². The molecule has 0 unspecified atom stereocenters. The predicted molar refractivity (Wildman–Crippen MR) is 106 cm³/mol. The minimum atomic E-state index is -0.709. The molecule has 1 atom stereocenters. The van der Waals surface area contributed by atoms with Gasteiger partial charge in [-0.1, -0.05) is 18.2 Å². The molecular weight excluding hydrogens is 386 g/mol. The van der Waals surface area contributed by atoms with Crippen molar-refractivity contribution in [2.45, 2.75) is 6.04 Å². The lowest BCUT2D eigenvalue weighted by Gasteiger charge is -2.13. The molecule has 1 heterocycles. The molecule has 0 aliphatic carbocycles. The molecule has 0 radical (unpaired) electrons. The number of rotatable bonds is 6. The number of nitro groups is 2. The zero-order chi connectivity index (χ0) is 20.1. The van der Waals surface area contributed by atoms with E-state index in [1.165, 1.54) is 0 Å². The molecular formula is C17H15N5O5S. The number of anilines is 1. The van der Waals surface area contributed by atoms with Crippen LogP contribution in [0.5, 0.6) is 0 Å². The first-order valence-corrected chi connectivity index (χ1v) is 9.29. The van der Waals surface area contributed by atoms with Gasteiger partial charge in [0.2, 0.25) is 0 Å². The van der Waals surface area contributed by atoms with Crippen molar-refractivity contribution in [1.29, 1.82) is 0 Å². The van der Waals surface area contributed by atoms with Gasteiger partial charge in [0.15, 0.2) is 0 Å². The number of carbonyl (C=O) groups is 1. The van der Waals surface area contributed by atoms with Crippen LogP contribution < -0.4 is 10.7 Å². The third-order valence-electron chi connectivity index (χ3n) is 3.93. The molecule has 10 nitrogen and oxygen atoms in total. The molecule has 1 amide bonds. The molecule has 1 aliphatic rings. The van der Waals surface area contributed by atoms with Crippen LogP contribution in [0.2, 0.25) is 0 Å². The lowest BCUT2D eigenvalue weighted by atomic mass is 10.1. The quantitative estimate of drug-likeness (QED) is 0.560. The summed E-state index contributed by atoms with van der Waals surface area (Å²) in [5.74, 6) is 0.963. The number of hydrazone groups is 1.